The SMILES string of the molecule is CC=C1COCC1=CC(/C=C/c1ccc2c(=O)c3ccc(/C=C/C)cc3oc2c1)=C([C]#[Os])[P+](c1ccccc1)(c1ccccc1)c1ccccc1. The van der Waals surface area contributed by atoms with Gasteiger partial charge in [-0.15, -0.1) is 0 Å². The summed E-state index contributed by atoms with van der Waals surface area (Å²) >= 11 is 1.77. The summed E-state index contributed by atoms with van der Waals surface area (Å²) in [5.41, 5.74) is 6.45. The first-order valence-electron chi connectivity index (χ1n) is 17.0. The van der Waals surface area contributed by atoms with Crippen molar-refractivity contribution in [1.82, 2.24) is 0 Å². The molecule has 2 heterocycles. The molecule has 1 aliphatic heterocycles. The van der Waals surface area contributed by atoms with Crippen LogP contribution in [-0.4, -0.2) is 13.2 Å². The van der Waals surface area contributed by atoms with Crippen molar-refractivity contribution < 1.29 is 27.1 Å². The van der Waals surface area contributed by atoms with Crippen LogP contribution >= 0.6 is 7.26 Å². The van der Waals surface area contributed by atoms with Crippen LogP contribution in [0.1, 0.15) is 25.0 Å². The van der Waals surface area contributed by atoms with Gasteiger partial charge in [-0.1, -0.05) is 18.2 Å². The molecule has 0 aliphatic carbocycles. The van der Waals surface area contributed by atoms with Gasteiger partial charge in [0, 0.05) is 0 Å². The average Bonchev–Trinajstić information content (AvgIpc) is 3.64. The normalized spacial score (nSPS) is 15.7. The first kappa shape index (κ1) is 34.5. The van der Waals surface area contributed by atoms with Crippen LogP contribution in [0.3, 0.4) is 0 Å². The van der Waals surface area contributed by atoms with Gasteiger partial charge in [-0.2, -0.15) is 0 Å². The van der Waals surface area contributed by atoms with Crippen molar-refractivity contribution in [2.75, 3.05) is 13.2 Å². The summed E-state index contributed by atoms with van der Waals surface area (Å²) in [6.07, 6.45) is 12.7. The van der Waals surface area contributed by atoms with Gasteiger partial charge < -0.3 is 0 Å². The van der Waals surface area contributed by atoms with Crippen LogP contribution in [0.25, 0.3) is 34.1 Å². The fraction of sp³-hybridized carbons (Fsp3) is 0.0870. The van der Waals surface area contributed by atoms with Gasteiger partial charge in [-0.05, 0) is 6.92 Å². The summed E-state index contributed by atoms with van der Waals surface area (Å²) in [6, 6.07) is 44.2. The monoisotopic (exact) mass is 860 g/mol. The molecule has 1 saturated heterocycles. The molecular formula is C46H37O3OsP+. The molecule has 1 fully saturated rings. The Morgan fingerprint density at radius 2 is 1.20 bits per heavy atom. The van der Waals surface area contributed by atoms with E-state index >= 15 is 0 Å². The number of hydrogen-bond donors (Lipinski definition) is 0. The zero-order valence-electron chi connectivity index (χ0n) is 28.5. The Morgan fingerprint density at radius 1 is 0.686 bits per heavy atom. The molecule has 0 atom stereocenters. The molecule has 1 aromatic heterocycles. The van der Waals surface area contributed by atoms with E-state index in [0.717, 1.165) is 27.6 Å². The number of benzene rings is 5. The molecule has 6 aromatic rings. The Balaban J connectivity index is 1.49. The van der Waals surface area contributed by atoms with Crippen LogP contribution in [-0.2, 0) is 22.7 Å². The molecule has 7 rings (SSSR count). The van der Waals surface area contributed by atoms with E-state index in [1.165, 1.54) is 21.5 Å². The average molecular weight is 859 g/mol. The van der Waals surface area contributed by atoms with E-state index < -0.39 is 7.26 Å². The van der Waals surface area contributed by atoms with E-state index in [0.29, 0.717) is 35.2 Å². The van der Waals surface area contributed by atoms with Gasteiger partial charge in [-0.25, -0.2) is 0 Å². The molecule has 0 bridgehead atoms. The van der Waals surface area contributed by atoms with Gasteiger partial charge in [0.05, 0.1) is 0 Å². The first-order valence-corrected chi connectivity index (χ1v) is 20.0. The Kier molecular flexibility index (Phi) is 10.5. The topological polar surface area (TPSA) is 39.4 Å². The van der Waals surface area contributed by atoms with E-state index in [2.05, 4.69) is 127 Å². The number of ether oxygens (including phenoxy) is 1. The maximum atomic E-state index is 13.5. The molecule has 251 valence electrons. The molecule has 3 nitrogen and oxygen atoms in total. The Hall–Kier alpha value is -4.92. The van der Waals surface area contributed by atoms with E-state index in [9.17, 15) is 4.79 Å². The Morgan fingerprint density at radius 3 is 1.69 bits per heavy atom. The number of rotatable bonds is 8. The van der Waals surface area contributed by atoms with Gasteiger partial charge in [-0.3, -0.25) is 0 Å². The third-order valence-electron chi connectivity index (χ3n) is 9.26. The van der Waals surface area contributed by atoms with Crippen molar-refractivity contribution in [3.8, 4) is 4.37 Å². The fourth-order valence-electron chi connectivity index (χ4n) is 6.81. The molecular weight excluding hydrogens is 822 g/mol. The maximum absolute atomic E-state index is 13.5. The molecule has 51 heavy (non-hydrogen) atoms. The van der Waals surface area contributed by atoms with Crippen molar-refractivity contribution in [3.05, 3.63) is 195 Å². The van der Waals surface area contributed by atoms with Crippen LogP contribution < -0.4 is 21.3 Å². The van der Waals surface area contributed by atoms with E-state index in [4.69, 9.17) is 9.15 Å². The fourth-order valence-corrected chi connectivity index (χ4v) is 12.6. The standard InChI is InChI=1S/C46H37O3P.Os/c1-4-15-34-23-26-42-44(28-34)49-45-29-35(24-27-43(45)46(42)47)22-25-37(30-38-32-48-31-36(38)5-2)33(3)50(39-16-9-6-10-17-39,40-18-11-7-12-19-40)41-20-13-8-14-21-41;/h4-30H,31-32H2,1-2H3;/q+1;/b15-4+,25-22+,36-5?,37-33?,38-30?;. The summed E-state index contributed by atoms with van der Waals surface area (Å²) in [5.74, 6) is 0. The van der Waals surface area contributed by atoms with Crippen molar-refractivity contribution in [2.24, 2.45) is 0 Å². The molecule has 0 amide bonds. The van der Waals surface area contributed by atoms with Crippen LogP contribution in [0.4, 0.5) is 0 Å². The van der Waals surface area contributed by atoms with Crippen LogP contribution in [0, 0.1) is 4.37 Å². The summed E-state index contributed by atoms with van der Waals surface area (Å²) < 4.78 is 16.1. The summed E-state index contributed by atoms with van der Waals surface area (Å²) in [5, 5.41) is 6.06. The van der Waals surface area contributed by atoms with E-state index in [-0.39, 0.29) is 5.43 Å². The number of hydrogen-bond acceptors (Lipinski definition) is 3. The second-order valence-corrected chi connectivity index (χ2v) is 16.3. The van der Waals surface area contributed by atoms with Crippen molar-refractivity contribution >= 4 is 57.3 Å². The van der Waals surface area contributed by atoms with Gasteiger partial charge in [0.1, 0.15) is 0 Å². The van der Waals surface area contributed by atoms with Gasteiger partial charge in [0.25, 0.3) is 0 Å². The predicted molar refractivity (Wildman–Crippen MR) is 212 cm³/mol. The summed E-state index contributed by atoms with van der Waals surface area (Å²) in [4.78, 5) is 13.5. The second kappa shape index (κ2) is 15.5. The zero-order valence-corrected chi connectivity index (χ0v) is 32.0. The van der Waals surface area contributed by atoms with Crippen LogP contribution in [0.15, 0.2) is 183 Å². The van der Waals surface area contributed by atoms with Gasteiger partial charge in [0.2, 0.25) is 0 Å². The quantitative estimate of drug-likeness (QED) is 0.0871. The Labute approximate surface area is 309 Å². The minimum atomic E-state index is -2.46. The predicted octanol–water partition coefficient (Wildman–Crippen LogP) is 9.65. The molecule has 0 saturated carbocycles. The van der Waals surface area contributed by atoms with Crippen LogP contribution in [0.5, 0.6) is 0 Å². The van der Waals surface area contributed by atoms with Crippen molar-refractivity contribution in [1.29, 1.82) is 0 Å². The third kappa shape index (κ3) is 6.78. The first-order chi connectivity index (χ1) is 25.1. The third-order valence-corrected chi connectivity index (χ3v) is 14.7. The van der Waals surface area contributed by atoms with E-state index in [1.54, 1.807) is 17.9 Å². The second-order valence-electron chi connectivity index (χ2n) is 12.3. The molecule has 0 radical (unpaired) electrons. The van der Waals surface area contributed by atoms with E-state index in [1.807, 2.05) is 55.5 Å². The Bertz CT molecular complexity index is 2390. The number of fused-ring (bicyclic) bond motifs is 2. The molecule has 5 heteroatoms. The molecule has 1 aliphatic rings. The zero-order chi connectivity index (χ0) is 35.2. The van der Waals surface area contributed by atoms with Crippen molar-refractivity contribution in [2.45, 2.75) is 13.8 Å². The molecule has 0 spiro atoms. The number of allylic oxidation sites excluding steroid dienone is 6. The molecule has 0 N–H and O–H groups in total. The summed E-state index contributed by atoms with van der Waals surface area (Å²) in [6.45, 7) is 5.19. The van der Waals surface area contributed by atoms with Gasteiger partial charge in [0.15, 0.2) is 0 Å². The van der Waals surface area contributed by atoms with Gasteiger partial charge >= 0.3 is 286 Å². The van der Waals surface area contributed by atoms with Crippen molar-refractivity contribution in [3.63, 3.8) is 0 Å². The molecule has 0 unspecified atom stereocenters. The molecule has 5 aromatic carbocycles. The summed E-state index contributed by atoms with van der Waals surface area (Å²) in [7, 11) is -2.46. The minimum absolute atomic E-state index is 0.0270. The van der Waals surface area contributed by atoms with Crippen LogP contribution in [0.2, 0.25) is 0 Å².